The van der Waals surface area contributed by atoms with Gasteiger partial charge in [-0.05, 0) is 25.5 Å². The SMILES string of the molecule is CCC(C)(OC)C(NN)c1ccco1. The van der Waals surface area contributed by atoms with Crippen LogP contribution in [-0.2, 0) is 4.74 Å². The number of hydrogen-bond acceptors (Lipinski definition) is 4. The van der Waals surface area contributed by atoms with E-state index in [0.717, 1.165) is 12.2 Å². The zero-order valence-corrected chi connectivity index (χ0v) is 8.91. The Morgan fingerprint density at radius 3 is 2.79 bits per heavy atom. The van der Waals surface area contributed by atoms with Gasteiger partial charge in [-0.2, -0.15) is 0 Å². The molecule has 14 heavy (non-hydrogen) atoms. The van der Waals surface area contributed by atoms with Crippen molar-refractivity contribution in [1.29, 1.82) is 0 Å². The third-order valence-electron chi connectivity index (χ3n) is 2.77. The maximum absolute atomic E-state index is 5.51. The monoisotopic (exact) mass is 198 g/mol. The maximum atomic E-state index is 5.51. The van der Waals surface area contributed by atoms with Gasteiger partial charge in [0.1, 0.15) is 11.8 Å². The van der Waals surface area contributed by atoms with E-state index in [2.05, 4.69) is 12.3 Å². The van der Waals surface area contributed by atoms with Crippen LogP contribution in [0.1, 0.15) is 32.1 Å². The molecular weight excluding hydrogens is 180 g/mol. The van der Waals surface area contributed by atoms with Crippen LogP contribution in [0.25, 0.3) is 0 Å². The van der Waals surface area contributed by atoms with E-state index in [1.165, 1.54) is 0 Å². The van der Waals surface area contributed by atoms with Gasteiger partial charge in [0, 0.05) is 7.11 Å². The quantitative estimate of drug-likeness (QED) is 0.557. The number of rotatable bonds is 5. The molecule has 1 rings (SSSR count). The molecule has 0 aromatic carbocycles. The van der Waals surface area contributed by atoms with E-state index in [-0.39, 0.29) is 11.6 Å². The summed E-state index contributed by atoms with van der Waals surface area (Å²) in [6.45, 7) is 4.05. The lowest BCUT2D eigenvalue weighted by Crippen LogP contribution is -2.45. The van der Waals surface area contributed by atoms with Crippen molar-refractivity contribution in [3.05, 3.63) is 24.2 Å². The van der Waals surface area contributed by atoms with Gasteiger partial charge < -0.3 is 9.15 Å². The minimum Gasteiger partial charge on any atom is -0.468 e. The molecule has 0 fully saturated rings. The van der Waals surface area contributed by atoms with Gasteiger partial charge in [-0.15, -0.1) is 0 Å². The van der Waals surface area contributed by atoms with Crippen molar-refractivity contribution in [3.63, 3.8) is 0 Å². The van der Waals surface area contributed by atoms with Crippen molar-refractivity contribution in [2.75, 3.05) is 7.11 Å². The second kappa shape index (κ2) is 4.59. The third-order valence-corrected chi connectivity index (χ3v) is 2.77. The number of methoxy groups -OCH3 is 1. The molecule has 0 amide bonds. The summed E-state index contributed by atoms with van der Waals surface area (Å²) >= 11 is 0. The van der Waals surface area contributed by atoms with Crippen LogP contribution in [0, 0.1) is 0 Å². The summed E-state index contributed by atoms with van der Waals surface area (Å²) in [5.74, 6) is 6.30. The fourth-order valence-corrected chi connectivity index (χ4v) is 1.48. The lowest BCUT2D eigenvalue weighted by Gasteiger charge is -2.33. The van der Waals surface area contributed by atoms with Crippen molar-refractivity contribution in [2.24, 2.45) is 5.84 Å². The first kappa shape index (κ1) is 11.2. The molecule has 1 heterocycles. The Morgan fingerprint density at radius 2 is 2.43 bits per heavy atom. The van der Waals surface area contributed by atoms with E-state index >= 15 is 0 Å². The molecule has 0 aliphatic carbocycles. The first-order valence-electron chi connectivity index (χ1n) is 4.72. The summed E-state index contributed by atoms with van der Waals surface area (Å²) in [6, 6.07) is 3.59. The first-order valence-corrected chi connectivity index (χ1v) is 4.72. The number of furan rings is 1. The van der Waals surface area contributed by atoms with Crippen LogP contribution in [0.3, 0.4) is 0 Å². The van der Waals surface area contributed by atoms with Crippen molar-refractivity contribution >= 4 is 0 Å². The van der Waals surface area contributed by atoms with E-state index in [9.17, 15) is 0 Å². The smallest absolute Gasteiger partial charge is 0.124 e. The van der Waals surface area contributed by atoms with Crippen LogP contribution in [0.5, 0.6) is 0 Å². The lowest BCUT2D eigenvalue weighted by atomic mass is 9.92. The van der Waals surface area contributed by atoms with Crippen LogP contribution in [0.4, 0.5) is 0 Å². The molecule has 80 valence electrons. The summed E-state index contributed by atoms with van der Waals surface area (Å²) in [4.78, 5) is 0. The molecule has 1 aromatic rings. The summed E-state index contributed by atoms with van der Waals surface area (Å²) in [7, 11) is 1.68. The summed E-state index contributed by atoms with van der Waals surface area (Å²) in [5.41, 5.74) is 2.37. The van der Waals surface area contributed by atoms with Crippen molar-refractivity contribution in [3.8, 4) is 0 Å². The molecule has 0 saturated heterocycles. The van der Waals surface area contributed by atoms with Crippen LogP contribution >= 0.6 is 0 Å². The fraction of sp³-hybridized carbons (Fsp3) is 0.600. The Bertz CT molecular complexity index is 255. The molecule has 1 aromatic heterocycles. The Kier molecular flexibility index (Phi) is 3.69. The predicted octanol–water partition coefficient (Wildman–Crippen LogP) is 1.60. The molecule has 0 radical (unpaired) electrons. The highest BCUT2D eigenvalue weighted by Crippen LogP contribution is 2.30. The van der Waals surface area contributed by atoms with Gasteiger partial charge in [0.15, 0.2) is 0 Å². The molecule has 0 bridgehead atoms. The van der Waals surface area contributed by atoms with E-state index < -0.39 is 0 Å². The molecule has 3 N–H and O–H groups in total. The highest BCUT2D eigenvalue weighted by Gasteiger charge is 2.34. The maximum Gasteiger partial charge on any atom is 0.124 e. The average molecular weight is 198 g/mol. The van der Waals surface area contributed by atoms with Gasteiger partial charge in [-0.1, -0.05) is 6.92 Å². The van der Waals surface area contributed by atoms with Crippen LogP contribution < -0.4 is 11.3 Å². The van der Waals surface area contributed by atoms with Gasteiger partial charge in [0.05, 0.1) is 11.9 Å². The van der Waals surface area contributed by atoms with E-state index in [1.54, 1.807) is 13.4 Å². The van der Waals surface area contributed by atoms with Crippen molar-refractivity contribution < 1.29 is 9.15 Å². The minimum absolute atomic E-state index is 0.132. The van der Waals surface area contributed by atoms with Gasteiger partial charge in [0.25, 0.3) is 0 Å². The second-order valence-corrected chi connectivity index (χ2v) is 3.49. The summed E-state index contributed by atoms with van der Waals surface area (Å²) < 4.78 is 10.8. The molecule has 0 aliphatic rings. The van der Waals surface area contributed by atoms with Gasteiger partial charge >= 0.3 is 0 Å². The number of ether oxygens (including phenoxy) is 1. The van der Waals surface area contributed by atoms with E-state index in [4.69, 9.17) is 15.0 Å². The van der Waals surface area contributed by atoms with Crippen molar-refractivity contribution in [2.45, 2.75) is 31.9 Å². The highest BCUT2D eigenvalue weighted by atomic mass is 16.5. The second-order valence-electron chi connectivity index (χ2n) is 3.49. The van der Waals surface area contributed by atoms with Crippen LogP contribution in [0.2, 0.25) is 0 Å². The zero-order valence-electron chi connectivity index (χ0n) is 8.91. The number of nitrogens with one attached hydrogen (secondary N) is 1. The Labute approximate surface area is 84.4 Å². The summed E-state index contributed by atoms with van der Waals surface area (Å²) in [6.07, 6.45) is 2.48. The largest absolute Gasteiger partial charge is 0.468 e. The lowest BCUT2D eigenvalue weighted by molar-refractivity contribution is -0.0354. The first-order chi connectivity index (χ1) is 6.68. The molecule has 4 nitrogen and oxygen atoms in total. The number of nitrogens with two attached hydrogens (primary N) is 1. The normalized spacial score (nSPS) is 17.7. The average Bonchev–Trinajstić information content (AvgIpc) is 2.72. The molecular formula is C10H18N2O2. The Morgan fingerprint density at radius 1 is 1.71 bits per heavy atom. The van der Waals surface area contributed by atoms with Gasteiger partial charge in [0.2, 0.25) is 0 Å². The Balaban J connectivity index is 2.91. The standard InChI is InChI=1S/C10H18N2O2/c1-4-10(2,13-3)9(12-11)8-6-5-7-14-8/h5-7,9,12H,4,11H2,1-3H3. The molecule has 0 saturated carbocycles. The molecule has 0 aliphatic heterocycles. The van der Waals surface area contributed by atoms with Gasteiger partial charge in [-0.3, -0.25) is 5.84 Å². The number of hydrazine groups is 1. The molecule has 2 atom stereocenters. The Hall–Kier alpha value is -0.840. The van der Waals surface area contributed by atoms with Crippen molar-refractivity contribution in [1.82, 2.24) is 5.43 Å². The van der Waals surface area contributed by atoms with E-state index in [1.807, 2.05) is 19.1 Å². The number of hydrogen-bond donors (Lipinski definition) is 2. The molecule has 2 unspecified atom stereocenters. The third kappa shape index (κ3) is 1.97. The van der Waals surface area contributed by atoms with Crippen LogP contribution in [0.15, 0.2) is 22.8 Å². The van der Waals surface area contributed by atoms with E-state index in [0.29, 0.717) is 0 Å². The predicted molar refractivity (Wildman–Crippen MR) is 54.5 cm³/mol. The summed E-state index contributed by atoms with van der Waals surface area (Å²) in [5, 5.41) is 0. The van der Waals surface area contributed by atoms with Crippen LogP contribution in [-0.4, -0.2) is 12.7 Å². The highest BCUT2D eigenvalue weighted by molar-refractivity contribution is 5.09. The molecule has 4 heteroatoms. The fourth-order valence-electron chi connectivity index (χ4n) is 1.48. The molecule has 0 spiro atoms. The topological polar surface area (TPSA) is 60.4 Å². The zero-order chi connectivity index (χ0) is 10.6. The van der Waals surface area contributed by atoms with Gasteiger partial charge in [-0.25, -0.2) is 5.43 Å². The minimum atomic E-state index is -0.355.